The molecular formula is C21H12F5N3. The van der Waals surface area contributed by atoms with Gasteiger partial charge in [-0.15, -0.1) is 0 Å². The third kappa shape index (κ3) is 4.01. The number of benzene rings is 3. The van der Waals surface area contributed by atoms with Crippen LogP contribution in [-0.2, 0) is 6.18 Å². The molecule has 146 valence electrons. The van der Waals surface area contributed by atoms with Crippen molar-refractivity contribution in [2.45, 2.75) is 6.18 Å². The summed E-state index contributed by atoms with van der Waals surface area (Å²) in [5, 5.41) is 2.86. The number of nitrogens with one attached hydrogen (secondary N) is 1. The number of anilines is 1. The van der Waals surface area contributed by atoms with Crippen LogP contribution in [0.4, 0.5) is 33.3 Å². The second kappa shape index (κ2) is 7.12. The molecule has 1 aliphatic rings. The largest absolute Gasteiger partial charge is 0.416 e. The van der Waals surface area contributed by atoms with Crippen LogP contribution in [-0.4, -0.2) is 11.7 Å². The van der Waals surface area contributed by atoms with E-state index in [0.29, 0.717) is 11.3 Å². The lowest BCUT2D eigenvalue weighted by Crippen LogP contribution is -2.16. The van der Waals surface area contributed by atoms with Gasteiger partial charge < -0.3 is 5.32 Å². The highest BCUT2D eigenvalue weighted by Crippen LogP contribution is 2.32. The first-order chi connectivity index (χ1) is 13.8. The van der Waals surface area contributed by atoms with E-state index in [1.165, 1.54) is 54.6 Å². The summed E-state index contributed by atoms with van der Waals surface area (Å²) in [7, 11) is 0. The summed E-state index contributed by atoms with van der Waals surface area (Å²) >= 11 is 0. The zero-order chi connectivity index (χ0) is 20.6. The van der Waals surface area contributed by atoms with E-state index in [1.807, 2.05) is 0 Å². The molecule has 0 saturated carbocycles. The molecule has 1 aliphatic heterocycles. The Kier molecular flexibility index (Phi) is 4.62. The highest BCUT2D eigenvalue weighted by atomic mass is 19.4. The van der Waals surface area contributed by atoms with Crippen LogP contribution in [0.2, 0.25) is 0 Å². The van der Waals surface area contributed by atoms with Crippen molar-refractivity contribution in [1.82, 2.24) is 0 Å². The number of amidine groups is 2. The molecule has 1 N–H and O–H groups in total. The molecule has 0 radical (unpaired) electrons. The summed E-state index contributed by atoms with van der Waals surface area (Å²) in [5.41, 5.74) is 0.347. The van der Waals surface area contributed by atoms with Crippen LogP contribution in [0, 0.1) is 11.6 Å². The van der Waals surface area contributed by atoms with Crippen LogP contribution in [0.15, 0.2) is 76.7 Å². The molecule has 0 saturated heterocycles. The molecule has 0 amide bonds. The van der Waals surface area contributed by atoms with Crippen molar-refractivity contribution in [3.05, 3.63) is 95.1 Å². The highest BCUT2D eigenvalue weighted by molar-refractivity contribution is 6.19. The Labute approximate surface area is 162 Å². The fraction of sp³-hybridized carbons (Fsp3) is 0.0476. The monoisotopic (exact) mass is 401 g/mol. The molecule has 0 unspecified atom stereocenters. The van der Waals surface area contributed by atoms with E-state index in [-0.39, 0.29) is 22.9 Å². The van der Waals surface area contributed by atoms with Gasteiger partial charge in [0.1, 0.15) is 17.5 Å². The number of hydrogen-bond acceptors (Lipinski definition) is 3. The number of alkyl halides is 3. The molecule has 29 heavy (non-hydrogen) atoms. The van der Waals surface area contributed by atoms with Crippen LogP contribution >= 0.6 is 0 Å². The van der Waals surface area contributed by atoms with Gasteiger partial charge in [0.25, 0.3) is 0 Å². The standard InChI is InChI=1S/C21H12F5N3/c22-15-6-4-12(5-7-15)19-27-17-9-8-16(23)11-18(17)28-20(29-19)13-2-1-3-14(10-13)21(24,25)26/h1-11H,(H,27,28,29). The SMILES string of the molecule is Fc1ccc(C2=Nc3ccc(F)cc3NC(c3cccc(C(F)(F)F)c3)=N2)cc1. The summed E-state index contributed by atoms with van der Waals surface area (Å²) < 4.78 is 66.4. The molecule has 0 aromatic heterocycles. The Morgan fingerprint density at radius 1 is 0.724 bits per heavy atom. The van der Waals surface area contributed by atoms with Gasteiger partial charge in [0.05, 0.1) is 16.9 Å². The second-order valence-electron chi connectivity index (χ2n) is 6.27. The Bertz CT molecular complexity index is 1130. The minimum absolute atomic E-state index is 0.0588. The van der Waals surface area contributed by atoms with Gasteiger partial charge in [-0.25, -0.2) is 18.8 Å². The summed E-state index contributed by atoms with van der Waals surface area (Å²) in [6.45, 7) is 0. The lowest BCUT2D eigenvalue weighted by atomic mass is 10.1. The quantitative estimate of drug-likeness (QED) is 0.531. The Morgan fingerprint density at radius 3 is 2.17 bits per heavy atom. The first-order valence-corrected chi connectivity index (χ1v) is 8.47. The van der Waals surface area contributed by atoms with Crippen molar-refractivity contribution in [3.63, 3.8) is 0 Å². The molecule has 0 spiro atoms. The summed E-state index contributed by atoms with van der Waals surface area (Å²) in [4.78, 5) is 8.74. The zero-order valence-electron chi connectivity index (χ0n) is 14.6. The van der Waals surface area contributed by atoms with Crippen molar-refractivity contribution in [1.29, 1.82) is 0 Å². The van der Waals surface area contributed by atoms with Gasteiger partial charge in [-0.05, 0) is 54.6 Å². The Balaban J connectivity index is 1.87. The van der Waals surface area contributed by atoms with E-state index in [1.54, 1.807) is 0 Å². The van der Waals surface area contributed by atoms with E-state index >= 15 is 0 Å². The topological polar surface area (TPSA) is 36.8 Å². The van der Waals surface area contributed by atoms with Crippen LogP contribution in [0.25, 0.3) is 0 Å². The molecule has 4 rings (SSSR count). The van der Waals surface area contributed by atoms with Gasteiger partial charge in [-0.1, -0.05) is 12.1 Å². The zero-order valence-corrected chi connectivity index (χ0v) is 14.6. The van der Waals surface area contributed by atoms with Crippen molar-refractivity contribution >= 4 is 23.0 Å². The van der Waals surface area contributed by atoms with E-state index in [2.05, 4.69) is 15.3 Å². The maximum atomic E-state index is 13.7. The van der Waals surface area contributed by atoms with Gasteiger partial charge in [0, 0.05) is 11.1 Å². The first kappa shape index (κ1) is 18.8. The average molecular weight is 401 g/mol. The molecule has 0 aliphatic carbocycles. The average Bonchev–Trinajstić information content (AvgIpc) is 2.87. The minimum Gasteiger partial charge on any atom is -0.338 e. The first-order valence-electron chi connectivity index (χ1n) is 8.47. The molecule has 0 fully saturated rings. The van der Waals surface area contributed by atoms with Crippen LogP contribution in [0.3, 0.4) is 0 Å². The number of hydrogen-bond donors (Lipinski definition) is 1. The third-order valence-corrected chi connectivity index (χ3v) is 4.22. The molecule has 3 aromatic carbocycles. The van der Waals surface area contributed by atoms with E-state index < -0.39 is 23.4 Å². The minimum atomic E-state index is -4.53. The maximum absolute atomic E-state index is 13.7. The molecule has 0 bridgehead atoms. The van der Waals surface area contributed by atoms with Crippen molar-refractivity contribution in [2.75, 3.05) is 5.32 Å². The van der Waals surface area contributed by atoms with Gasteiger partial charge in [-0.2, -0.15) is 13.2 Å². The molecule has 8 heteroatoms. The predicted octanol–water partition coefficient (Wildman–Crippen LogP) is 5.93. The van der Waals surface area contributed by atoms with Gasteiger partial charge >= 0.3 is 6.18 Å². The Hall–Kier alpha value is -3.55. The lowest BCUT2D eigenvalue weighted by molar-refractivity contribution is -0.137. The number of halogens is 5. The fourth-order valence-electron chi connectivity index (χ4n) is 2.81. The number of aliphatic imine (C=N–C) groups is 2. The molecule has 3 nitrogen and oxygen atoms in total. The fourth-order valence-corrected chi connectivity index (χ4v) is 2.81. The van der Waals surface area contributed by atoms with Crippen LogP contribution in [0.5, 0.6) is 0 Å². The number of fused-ring (bicyclic) bond motifs is 1. The molecule has 3 aromatic rings. The van der Waals surface area contributed by atoms with Crippen molar-refractivity contribution in [2.24, 2.45) is 9.98 Å². The predicted molar refractivity (Wildman–Crippen MR) is 101 cm³/mol. The molecule has 0 atom stereocenters. The second-order valence-corrected chi connectivity index (χ2v) is 6.27. The van der Waals surface area contributed by atoms with Gasteiger partial charge in [0.2, 0.25) is 0 Å². The van der Waals surface area contributed by atoms with Crippen LogP contribution in [0.1, 0.15) is 16.7 Å². The van der Waals surface area contributed by atoms with E-state index in [0.717, 1.165) is 12.1 Å². The summed E-state index contributed by atoms with van der Waals surface area (Å²) in [6, 6.07) is 13.8. The lowest BCUT2D eigenvalue weighted by Gasteiger charge is -2.12. The van der Waals surface area contributed by atoms with Crippen molar-refractivity contribution in [3.8, 4) is 0 Å². The van der Waals surface area contributed by atoms with E-state index in [9.17, 15) is 22.0 Å². The van der Waals surface area contributed by atoms with Gasteiger partial charge in [-0.3, -0.25) is 0 Å². The molecular weight excluding hydrogens is 389 g/mol. The molecule has 1 heterocycles. The number of nitrogens with zero attached hydrogens (tertiary/aromatic N) is 2. The van der Waals surface area contributed by atoms with E-state index in [4.69, 9.17) is 0 Å². The third-order valence-electron chi connectivity index (χ3n) is 4.22. The smallest absolute Gasteiger partial charge is 0.338 e. The highest BCUT2D eigenvalue weighted by Gasteiger charge is 2.31. The maximum Gasteiger partial charge on any atom is 0.416 e. The number of rotatable bonds is 2. The van der Waals surface area contributed by atoms with Crippen LogP contribution < -0.4 is 5.32 Å². The summed E-state index contributed by atoms with van der Waals surface area (Å²) in [6.07, 6.45) is -4.53. The Morgan fingerprint density at radius 2 is 1.45 bits per heavy atom. The summed E-state index contributed by atoms with van der Waals surface area (Å²) in [5.74, 6) is -0.787. The van der Waals surface area contributed by atoms with Gasteiger partial charge in [0.15, 0.2) is 5.84 Å². The normalized spacial score (nSPS) is 13.7. The van der Waals surface area contributed by atoms with Crippen molar-refractivity contribution < 1.29 is 22.0 Å².